The first-order valence-corrected chi connectivity index (χ1v) is 11.9. The number of alkyl halides is 2. The van der Waals surface area contributed by atoms with Gasteiger partial charge in [0.15, 0.2) is 0 Å². The van der Waals surface area contributed by atoms with Crippen molar-refractivity contribution in [2.45, 2.75) is 41.1 Å². The number of rotatable bonds is 4. The molecule has 2 bridgehead atoms. The molecular formula is C9H18INO2PS-. The average molecular weight is 362 g/mol. The second kappa shape index (κ2) is 4.16. The Bertz CT molecular complexity index is 304. The van der Waals surface area contributed by atoms with E-state index in [-0.39, 0.29) is 26.7 Å². The topological polar surface area (TPSA) is 49.3 Å². The average Bonchev–Trinajstić information content (AvgIpc) is 2.73. The molecule has 2 aliphatic carbocycles. The molecule has 0 amide bonds. The second-order valence-corrected chi connectivity index (χ2v) is 12.2. The molecule has 0 spiro atoms. The molecule has 90 valence electrons. The molecule has 6 heteroatoms. The number of hydrogen-bond donors (Lipinski definition) is 2. The third kappa shape index (κ3) is 2.41. The van der Waals surface area contributed by atoms with Gasteiger partial charge in [0.1, 0.15) is 0 Å². The van der Waals surface area contributed by atoms with E-state index in [0.29, 0.717) is 3.42 Å². The zero-order valence-corrected chi connectivity index (χ0v) is 13.0. The molecule has 1 atom stereocenters. The fourth-order valence-corrected chi connectivity index (χ4v) is 7.47. The molecule has 0 aromatic carbocycles. The zero-order valence-electron chi connectivity index (χ0n) is 9.12. The molecule has 0 aromatic heterocycles. The van der Waals surface area contributed by atoms with Crippen molar-refractivity contribution >= 4 is 18.1 Å². The Morgan fingerprint density at radius 2 is 2.00 bits per heavy atom. The van der Waals surface area contributed by atoms with Crippen LogP contribution in [0.1, 0.15) is 32.1 Å². The van der Waals surface area contributed by atoms with Crippen LogP contribution in [0.4, 0.5) is 0 Å². The zero-order chi connectivity index (χ0) is 11.2. The van der Waals surface area contributed by atoms with Crippen LogP contribution in [0, 0.1) is 0 Å². The third-order valence-corrected chi connectivity index (χ3v) is 10.5. The second-order valence-electron chi connectivity index (χ2n) is 4.61. The Hall–Kier alpha value is 1.23. The van der Waals surface area contributed by atoms with Crippen LogP contribution >= 0.6 is 18.1 Å². The normalized spacial score (nSPS) is 43.4. The van der Waals surface area contributed by atoms with Crippen molar-refractivity contribution in [3.8, 4) is 0 Å². The molecule has 0 saturated heterocycles. The summed E-state index contributed by atoms with van der Waals surface area (Å²) in [6.07, 6.45) is 7.61. The monoisotopic (exact) mass is 362 g/mol. The van der Waals surface area contributed by atoms with E-state index in [2.05, 4.69) is 10.0 Å². The molecule has 0 aliphatic heterocycles. The first-order chi connectivity index (χ1) is 6.95. The standard InChI is InChI=1S/C9H18INO2PS/c1-10-8-3-5-9(7-8,6-4-8)11-14(12,13)15-2/h3-7H2,1-2H3,(H2,11,12,13)/q-1. The van der Waals surface area contributed by atoms with Gasteiger partial charge in [-0.3, -0.25) is 0 Å². The molecule has 0 aromatic rings. The fourth-order valence-electron chi connectivity index (χ4n) is 2.89. The quantitative estimate of drug-likeness (QED) is 0.391. The van der Waals surface area contributed by atoms with E-state index in [0.717, 1.165) is 30.6 Å². The first-order valence-electron chi connectivity index (χ1n) is 5.14. The fraction of sp³-hybridized carbons (Fsp3) is 1.00. The van der Waals surface area contributed by atoms with Gasteiger partial charge in [-0.1, -0.05) is 0 Å². The van der Waals surface area contributed by atoms with E-state index in [1.54, 1.807) is 6.26 Å². The molecule has 2 rings (SSSR count). The minimum atomic E-state index is -3.14. The van der Waals surface area contributed by atoms with Crippen molar-refractivity contribution in [3.63, 3.8) is 0 Å². The Morgan fingerprint density at radius 3 is 2.40 bits per heavy atom. The van der Waals surface area contributed by atoms with Crippen molar-refractivity contribution in [2.24, 2.45) is 0 Å². The van der Waals surface area contributed by atoms with Crippen molar-refractivity contribution in [2.75, 3.05) is 11.2 Å². The Labute approximate surface area is 106 Å². The summed E-state index contributed by atoms with van der Waals surface area (Å²) < 4.78 is 12.3. The molecule has 2 N–H and O–H groups in total. The van der Waals surface area contributed by atoms with Crippen molar-refractivity contribution < 1.29 is 30.7 Å². The van der Waals surface area contributed by atoms with Gasteiger partial charge in [0.2, 0.25) is 0 Å². The molecule has 15 heavy (non-hydrogen) atoms. The maximum absolute atomic E-state index is 11.7. The summed E-state index contributed by atoms with van der Waals surface area (Å²) >= 11 is 1.32. The van der Waals surface area contributed by atoms with Crippen LogP contribution < -0.4 is 26.3 Å². The van der Waals surface area contributed by atoms with E-state index in [1.807, 2.05) is 0 Å². The van der Waals surface area contributed by atoms with Gasteiger partial charge in [-0.15, -0.1) is 0 Å². The summed E-state index contributed by atoms with van der Waals surface area (Å²) in [6, 6.07) is 0. The Kier molecular flexibility index (Phi) is 3.52. The van der Waals surface area contributed by atoms with Crippen LogP contribution in [0.2, 0.25) is 0 Å². The Balaban J connectivity index is 2.09. The number of fused-ring (bicyclic) bond motifs is 2. The maximum atomic E-state index is 11.7. The van der Waals surface area contributed by atoms with Crippen molar-refractivity contribution in [1.29, 1.82) is 0 Å². The van der Waals surface area contributed by atoms with Crippen LogP contribution in [0.15, 0.2) is 0 Å². The van der Waals surface area contributed by atoms with E-state index in [4.69, 9.17) is 0 Å². The molecule has 1 unspecified atom stereocenters. The molecule has 3 nitrogen and oxygen atoms in total. The predicted octanol–water partition coefficient (Wildman–Crippen LogP) is -0.786. The Morgan fingerprint density at radius 1 is 1.40 bits per heavy atom. The van der Waals surface area contributed by atoms with E-state index >= 15 is 0 Å². The van der Waals surface area contributed by atoms with E-state index < -0.39 is 6.72 Å². The molecule has 2 saturated carbocycles. The number of hydrogen-bond acceptors (Lipinski definition) is 2. The third-order valence-electron chi connectivity index (χ3n) is 3.79. The van der Waals surface area contributed by atoms with Crippen LogP contribution in [0.25, 0.3) is 0 Å². The summed E-state index contributed by atoms with van der Waals surface area (Å²) in [5, 5.41) is 3.06. The van der Waals surface area contributed by atoms with Gasteiger partial charge in [-0.2, -0.15) is 0 Å². The van der Waals surface area contributed by atoms with Crippen molar-refractivity contribution in [1.82, 2.24) is 5.09 Å². The van der Waals surface area contributed by atoms with E-state index in [1.165, 1.54) is 12.8 Å². The summed E-state index contributed by atoms with van der Waals surface area (Å²) in [5.41, 5.74) is 0.00299. The summed E-state index contributed by atoms with van der Waals surface area (Å²) in [6.45, 7) is -3.14. The van der Waals surface area contributed by atoms with Gasteiger partial charge in [0.25, 0.3) is 0 Å². The van der Waals surface area contributed by atoms with Crippen molar-refractivity contribution in [3.05, 3.63) is 0 Å². The van der Waals surface area contributed by atoms with Gasteiger partial charge >= 0.3 is 106 Å². The van der Waals surface area contributed by atoms with Crippen LogP contribution in [0.3, 0.4) is 0 Å². The van der Waals surface area contributed by atoms with Crippen LogP contribution in [0.5, 0.6) is 0 Å². The molecule has 2 fully saturated rings. The van der Waals surface area contributed by atoms with Gasteiger partial charge in [-0.25, -0.2) is 0 Å². The summed E-state index contributed by atoms with van der Waals surface area (Å²) in [7, 11) is 0. The molecule has 0 heterocycles. The van der Waals surface area contributed by atoms with Gasteiger partial charge in [0.05, 0.1) is 0 Å². The van der Waals surface area contributed by atoms with Gasteiger partial charge in [0, 0.05) is 0 Å². The van der Waals surface area contributed by atoms with Crippen LogP contribution in [-0.2, 0) is 4.57 Å². The molecular weight excluding hydrogens is 344 g/mol. The minimum absolute atomic E-state index is 0.00299. The predicted molar refractivity (Wildman–Crippen MR) is 60.9 cm³/mol. The molecule has 2 aliphatic rings. The van der Waals surface area contributed by atoms with E-state index in [9.17, 15) is 9.46 Å². The van der Waals surface area contributed by atoms with Gasteiger partial charge < -0.3 is 0 Å². The van der Waals surface area contributed by atoms with Crippen LogP contribution in [-0.4, -0.2) is 25.0 Å². The SMILES string of the molecule is CSP(=O)(O)NC12CCC([I-]C)(CC1)C2. The first kappa shape index (κ1) is 12.7. The van der Waals surface area contributed by atoms with Gasteiger partial charge in [-0.05, 0) is 0 Å². The molecule has 0 radical (unpaired) electrons. The summed E-state index contributed by atoms with van der Waals surface area (Å²) in [5.74, 6) is 0. The number of halogens is 1. The number of nitrogens with one attached hydrogen (secondary N) is 1. The summed E-state index contributed by atoms with van der Waals surface area (Å²) in [4.78, 5) is 12.0.